The average Bonchev–Trinajstić information content (AvgIpc) is 3.30. The fraction of sp³-hybridized carbons (Fsp3) is 0.120. The zero-order valence-electron chi connectivity index (χ0n) is 16.7. The average molecular weight is 394 g/mol. The lowest BCUT2D eigenvalue weighted by atomic mass is 9.95. The smallest absolute Gasteiger partial charge is 0.256 e. The van der Waals surface area contributed by atoms with Gasteiger partial charge in [0.15, 0.2) is 0 Å². The normalized spacial score (nSPS) is 13.5. The Morgan fingerprint density at radius 2 is 1.93 bits per heavy atom. The van der Waals surface area contributed by atoms with Crippen LogP contribution >= 0.6 is 0 Å². The van der Waals surface area contributed by atoms with E-state index in [0.29, 0.717) is 24.3 Å². The van der Waals surface area contributed by atoms with Crippen LogP contribution in [-0.4, -0.2) is 27.1 Å². The second kappa shape index (κ2) is 7.19. The Morgan fingerprint density at radius 3 is 2.77 bits per heavy atom. The van der Waals surface area contributed by atoms with Gasteiger partial charge in [0.2, 0.25) is 0 Å². The standard InChI is InChI=1S/C25H22N4O/c1-28-23-14-18(9-10-19(23)15-27-28)20-11-12-22(26)24-21(20)16-29(25(24)30)13-5-8-17-6-3-2-4-7-17/h2-12,14-15H,13,16,26H2,1H3/b8-5+. The van der Waals surface area contributed by atoms with Crippen molar-refractivity contribution in [2.75, 3.05) is 12.3 Å². The van der Waals surface area contributed by atoms with Crippen molar-refractivity contribution < 1.29 is 4.79 Å². The van der Waals surface area contributed by atoms with Gasteiger partial charge in [-0.25, -0.2) is 0 Å². The van der Waals surface area contributed by atoms with Crippen LogP contribution in [0.1, 0.15) is 21.5 Å². The van der Waals surface area contributed by atoms with Crippen LogP contribution in [0, 0.1) is 0 Å². The van der Waals surface area contributed by atoms with Crippen LogP contribution in [0.15, 0.2) is 72.9 Å². The molecule has 1 amide bonds. The molecule has 0 bridgehead atoms. The van der Waals surface area contributed by atoms with Crippen molar-refractivity contribution in [2.24, 2.45) is 7.05 Å². The zero-order chi connectivity index (χ0) is 20.7. The monoisotopic (exact) mass is 394 g/mol. The molecule has 1 aromatic heterocycles. The molecule has 3 aromatic carbocycles. The third-order valence-corrected chi connectivity index (χ3v) is 5.69. The van der Waals surface area contributed by atoms with Crippen molar-refractivity contribution in [3.05, 3.63) is 89.6 Å². The Labute approximate surface area is 175 Å². The summed E-state index contributed by atoms with van der Waals surface area (Å²) in [5.41, 5.74) is 12.7. The number of aromatic nitrogens is 2. The number of hydrogen-bond acceptors (Lipinski definition) is 3. The van der Waals surface area contributed by atoms with Gasteiger partial charge >= 0.3 is 0 Å². The first-order valence-electron chi connectivity index (χ1n) is 9.96. The van der Waals surface area contributed by atoms with Gasteiger partial charge in [0.25, 0.3) is 5.91 Å². The van der Waals surface area contributed by atoms with E-state index in [0.717, 1.165) is 33.2 Å². The lowest BCUT2D eigenvalue weighted by Crippen LogP contribution is -2.24. The largest absolute Gasteiger partial charge is 0.398 e. The molecule has 2 heterocycles. The maximum absolute atomic E-state index is 13.1. The highest BCUT2D eigenvalue weighted by molar-refractivity contribution is 6.05. The summed E-state index contributed by atoms with van der Waals surface area (Å²) in [7, 11) is 1.93. The number of rotatable bonds is 4. The summed E-state index contributed by atoms with van der Waals surface area (Å²) in [4.78, 5) is 14.9. The van der Waals surface area contributed by atoms with Crippen LogP contribution in [0.3, 0.4) is 0 Å². The van der Waals surface area contributed by atoms with E-state index in [1.54, 1.807) is 0 Å². The highest BCUT2D eigenvalue weighted by Crippen LogP contribution is 2.36. The highest BCUT2D eigenvalue weighted by Gasteiger charge is 2.31. The van der Waals surface area contributed by atoms with Gasteiger partial charge in [0, 0.05) is 31.2 Å². The minimum Gasteiger partial charge on any atom is -0.398 e. The molecule has 5 rings (SSSR count). The number of nitrogens with zero attached hydrogens (tertiary/aromatic N) is 3. The van der Waals surface area contributed by atoms with E-state index in [2.05, 4.69) is 23.3 Å². The van der Waals surface area contributed by atoms with Crippen LogP contribution in [0.5, 0.6) is 0 Å². The van der Waals surface area contributed by atoms with Crippen LogP contribution in [-0.2, 0) is 13.6 Å². The minimum absolute atomic E-state index is 0.0105. The lowest BCUT2D eigenvalue weighted by molar-refractivity contribution is 0.0797. The number of nitrogens with two attached hydrogens (primary N) is 1. The molecule has 0 saturated heterocycles. The number of carbonyl (C=O) groups excluding carboxylic acids is 1. The van der Waals surface area contributed by atoms with Gasteiger partial charge < -0.3 is 10.6 Å². The Bertz CT molecular complexity index is 1290. The Balaban J connectivity index is 1.48. The molecule has 2 N–H and O–H groups in total. The van der Waals surface area contributed by atoms with Crippen LogP contribution in [0.4, 0.5) is 5.69 Å². The van der Waals surface area contributed by atoms with Crippen molar-refractivity contribution in [1.29, 1.82) is 0 Å². The second-order valence-electron chi connectivity index (χ2n) is 7.60. The Hall–Kier alpha value is -3.86. The zero-order valence-corrected chi connectivity index (χ0v) is 16.7. The number of nitrogen functional groups attached to an aromatic ring is 1. The molecule has 5 heteroatoms. The third kappa shape index (κ3) is 3.05. The molecule has 0 aliphatic carbocycles. The van der Waals surface area contributed by atoms with Gasteiger partial charge in [-0.3, -0.25) is 9.48 Å². The first-order valence-corrected chi connectivity index (χ1v) is 9.96. The van der Waals surface area contributed by atoms with E-state index < -0.39 is 0 Å². The number of benzene rings is 3. The van der Waals surface area contributed by atoms with E-state index in [4.69, 9.17) is 5.73 Å². The van der Waals surface area contributed by atoms with E-state index in [1.165, 1.54) is 0 Å². The van der Waals surface area contributed by atoms with Crippen LogP contribution in [0.25, 0.3) is 28.1 Å². The summed E-state index contributed by atoms with van der Waals surface area (Å²) in [6.07, 6.45) is 5.92. The number of aryl methyl sites for hydroxylation is 1. The number of fused-ring (bicyclic) bond motifs is 2. The molecule has 4 aromatic rings. The second-order valence-corrected chi connectivity index (χ2v) is 7.60. The fourth-order valence-electron chi connectivity index (χ4n) is 4.11. The number of hydrogen-bond donors (Lipinski definition) is 1. The summed E-state index contributed by atoms with van der Waals surface area (Å²) in [5.74, 6) is -0.0105. The Morgan fingerprint density at radius 1 is 1.10 bits per heavy atom. The van der Waals surface area contributed by atoms with Gasteiger partial charge in [-0.05, 0) is 34.4 Å². The predicted molar refractivity (Wildman–Crippen MR) is 121 cm³/mol. The van der Waals surface area contributed by atoms with Crippen LogP contribution < -0.4 is 5.73 Å². The molecule has 30 heavy (non-hydrogen) atoms. The number of amides is 1. The quantitative estimate of drug-likeness (QED) is 0.519. The van der Waals surface area contributed by atoms with Gasteiger partial charge in [0.1, 0.15) is 0 Å². The SMILES string of the molecule is Cn1ncc2ccc(-c3ccc(N)c4c3CN(C/C=C/c3ccccc3)C4=O)cc21. The van der Waals surface area contributed by atoms with Crippen molar-refractivity contribution >= 4 is 28.6 Å². The first kappa shape index (κ1) is 18.2. The van der Waals surface area contributed by atoms with E-state index >= 15 is 0 Å². The number of anilines is 1. The van der Waals surface area contributed by atoms with E-state index in [1.807, 2.05) is 77.4 Å². The number of carbonyl (C=O) groups is 1. The topological polar surface area (TPSA) is 64.2 Å². The maximum atomic E-state index is 13.1. The van der Waals surface area contributed by atoms with E-state index in [-0.39, 0.29) is 5.91 Å². The summed E-state index contributed by atoms with van der Waals surface area (Å²) in [5, 5.41) is 5.42. The summed E-state index contributed by atoms with van der Waals surface area (Å²) < 4.78 is 1.86. The molecule has 0 unspecified atom stereocenters. The van der Waals surface area contributed by atoms with Crippen molar-refractivity contribution in [3.8, 4) is 11.1 Å². The molecule has 0 atom stereocenters. The fourth-order valence-corrected chi connectivity index (χ4v) is 4.11. The molecule has 1 aliphatic rings. The van der Waals surface area contributed by atoms with Crippen molar-refractivity contribution in [3.63, 3.8) is 0 Å². The van der Waals surface area contributed by atoms with Gasteiger partial charge in [-0.1, -0.05) is 60.7 Å². The summed E-state index contributed by atoms with van der Waals surface area (Å²) in [6, 6.07) is 20.2. The van der Waals surface area contributed by atoms with Gasteiger partial charge in [-0.2, -0.15) is 5.10 Å². The van der Waals surface area contributed by atoms with Crippen LogP contribution in [0.2, 0.25) is 0 Å². The third-order valence-electron chi connectivity index (χ3n) is 5.69. The molecule has 0 saturated carbocycles. The molecule has 0 spiro atoms. The molecule has 148 valence electrons. The molecular formula is C25H22N4O. The summed E-state index contributed by atoms with van der Waals surface area (Å²) >= 11 is 0. The lowest BCUT2D eigenvalue weighted by Gasteiger charge is -2.13. The predicted octanol–water partition coefficient (Wildman–Crippen LogP) is 4.49. The van der Waals surface area contributed by atoms with E-state index in [9.17, 15) is 4.79 Å². The minimum atomic E-state index is -0.0105. The maximum Gasteiger partial charge on any atom is 0.256 e. The van der Waals surface area contributed by atoms with Gasteiger partial charge in [0.05, 0.1) is 17.3 Å². The molecule has 0 radical (unpaired) electrons. The van der Waals surface area contributed by atoms with Crippen molar-refractivity contribution in [2.45, 2.75) is 6.54 Å². The molecule has 1 aliphatic heterocycles. The van der Waals surface area contributed by atoms with Gasteiger partial charge in [-0.15, -0.1) is 0 Å². The summed E-state index contributed by atoms with van der Waals surface area (Å²) in [6.45, 7) is 1.10. The molecule has 0 fully saturated rings. The Kier molecular flexibility index (Phi) is 4.36. The first-order chi connectivity index (χ1) is 14.6. The van der Waals surface area contributed by atoms with Crippen molar-refractivity contribution in [1.82, 2.24) is 14.7 Å². The highest BCUT2D eigenvalue weighted by atomic mass is 16.2. The molecule has 5 nitrogen and oxygen atoms in total. The molecular weight excluding hydrogens is 372 g/mol.